The fourth-order valence-corrected chi connectivity index (χ4v) is 2.17. The lowest BCUT2D eigenvalue weighted by atomic mass is 10.1. The quantitative estimate of drug-likeness (QED) is 0.782. The van der Waals surface area contributed by atoms with Crippen molar-refractivity contribution in [1.29, 1.82) is 0 Å². The molecule has 0 unspecified atom stereocenters. The zero-order chi connectivity index (χ0) is 10.1. The van der Waals surface area contributed by atoms with Crippen molar-refractivity contribution >= 4 is 16.5 Å². The second-order valence-corrected chi connectivity index (χ2v) is 3.98. The van der Waals surface area contributed by atoms with Crippen LogP contribution in [0.5, 0.6) is 0 Å². The Hall–Kier alpha value is -1.42. The molecule has 0 spiro atoms. The second-order valence-electron chi connectivity index (χ2n) is 2.95. The first-order valence-electron chi connectivity index (χ1n) is 4.16. The Morgan fingerprint density at radius 3 is 2.64 bits per heavy atom. The third-order valence-corrected chi connectivity index (χ3v) is 2.95. The smallest absolute Gasteiger partial charge is 0.180 e. The summed E-state index contributed by atoms with van der Waals surface area (Å²) in [6.45, 7) is 1.83. The van der Waals surface area contributed by atoms with Crippen molar-refractivity contribution in [2.24, 2.45) is 0 Å². The van der Waals surface area contributed by atoms with E-state index in [4.69, 9.17) is 5.73 Å². The lowest BCUT2D eigenvalue weighted by Crippen LogP contribution is -1.83. The van der Waals surface area contributed by atoms with Gasteiger partial charge in [0.25, 0.3) is 0 Å². The summed E-state index contributed by atoms with van der Waals surface area (Å²) in [6.07, 6.45) is 0. The Kier molecular flexibility index (Phi) is 2.21. The summed E-state index contributed by atoms with van der Waals surface area (Å²) >= 11 is 1.31. The van der Waals surface area contributed by atoms with Crippen molar-refractivity contribution in [2.75, 3.05) is 5.73 Å². The molecular weight excluding hydrogens is 199 g/mol. The van der Waals surface area contributed by atoms with Crippen LogP contribution in [0.25, 0.3) is 10.4 Å². The number of benzene rings is 1. The number of aryl methyl sites for hydroxylation is 1. The Balaban J connectivity index is 2.60. The predicted molar refractivity (Wildman–Crippen MR) is 56.7 cm³/mol. The minimum atomic E-state index is -0.237. The van der Waals surface area contributed by atoms with Gasteiger partial charge in [0, 0.05) is 5.56 Å². The first-order chi connectivity index (χ1) is 6.68. The first-order valence-corrected chi connectivity index (χ1v) is 4.98. The molecular formula is C10H9FN2S. The molecule has 72 valence electrons. The Labute approximate surface area is 85.2 Å². The van der Waals surface area contributed by atoms with Gasteiger partial charge < -0.3 is 5.73 Å². The summed E-state index contributed by atoms with van der Waals surface area (Å²) in [5, 5.41) is 0.473. The van der Waals surface area contributed by atoms with Crippen LogP contribution in [0, 0.1) is 12.7 Å². The van der Waals surface area contributed by atoms with E-state index in [1.165, 1.54) is 17.4 Å². The number of hydrogen-bond donors (Lipinski definition) is 1. The largest absolute Gasteiger partial charge is 0.375 e. The van der Waals surface area contributed by atoms with E-state index in [-0.39, 0.29) is 5.82 Å². The van der Waals surface area contributed by atoms with Crippen molar-refractivity contribution in [3.8, 4) is 10.4 Å². The number of aromatic nitrogens is 1. The molecule has 0 saturated carbocycles. The van der Waals surface area contributed by atoms with Crippen LogP contribution in [-0.4, -0.2) is 4.98 Å². The molecule has 2 nitrogen and oxygen atoms in total. The van der Waals surface area contributed by atoms with Crippen molar-refractivity contribution < 1.29 is 4.39 Å². The number of nitrogens with zero attached hydrogens (tertiary/aromatic N) is 1. The first kappa shape index (κ1) is 9.15. The van der Waals surface area contributed by atoms with Gasteiger partial charge in [0.1, 0.15) is 5.82 Å². The molecule has 1 aromatic heterocycles. The lowest BCUT2D eigenvalue weighted by Gasteiger charge is -1.99. The van der Waals surface area contributed by atoms with Gasteiger partial charge in [0.2, 0.25) is 0 Å². The van der Waals surface area contributed by atoms with Gasteiger partial charge in [0.05, 0.1) is 10.6 Å². The summed E-state index contributed by atoms with van der Waals surface area (Å²) in [5.41, 5.74) is 6.90. The van der Waals surface area contributed by atoms with Crippen molar-refractivity contribution in [3.05, 3.63) is 35.8 Å². The van der Waals surface area contributed by atoms with Crippen LogP contribution in [-0.2, 0) is 0 Å². The summed E-state index contributed by atoms with van der Waals surface area (Å²) in [6, 6.07) is 6.63. The van der Waals surface area contributed by atoms with Crippen LogP contribution in [0.4, 0.5) is 9.52 Å². The van der Waals surface area contributed by atoms with Gasteiger partial charge in [-0.05, 0) is 13.0 Å². The van der Waals surface area contributed by atoms with E-state index in [2.05, 4.69) is 4.98 Å². The van der Waals surface area contributed by atoms with Crippen molar-refractivity contribution in [2.45, 2.75) is 6.92 Å². The maximum absolute atomic E-state index is 13.4. The van der Waals surface area contributed by atoms with Crippen LogP contribution in [0.3, 0.4) is 0 Å². The minimum absolute atomic E-state index is 0.237. The number of nitrogen functional groups attached to an aromatic ring is 1. The van der Waals surface area contributed by atoms with Gasteiger partial charge in [-0.2, -0.15) is 0 Å². The molecule has 0 radical (unpaired) electrons. The monoisotopic (exact) mass is 208 g/mol. The normalized spacial score (nSPS) is 10.4. The molecule has 0 atom stereocenters. The van der Waals surface area contributed by atoms with Gasteiger partial charge >= 0.3 is 0 Å². The number of rotatable bonds is 1. The van der Waals surface area contributed by atoms with Crippen LogP contribution in [0.1, 0.15) is 5.69 Å². The lowest BCUT2D eigenvalue weighted by molar-refractivity contribution is 0.631. The van der Waals surface area contributed by atoms with Crippen molar-refractivity contribution in [3.63, 3.8) is 0 Å². The third-order valence-electron chi connectivity index (χ3n) is 1.93. The Morgan fingerprint density at radius 1 is 1.36 bits per heavy atom. The van der Waals surface area contributed by atoms with Crippen LogP contribution in [0.15, 0.2) is 24.3 Å². The molecule has 4 heteroatoms. The molecule has 1 heterocycles. The van der Waals surface area contributed by atoms with Crippen LogP contribution in [0.2, 0.25) is 0 Å². The molecule has 0 bridgehead atoms. The summed E-state index contributed by atoms with van der Waals surface area (Å²) in [5.74, 6) is -0.237. The number of thiazole rings is 1. The van der Waals surface area contributed by atoms with Crippen molar-refractivity contribution in [1.82, 2.24) is 4.98 Å². The Morgan fingerprint density at radius 2 is 2.07 bits per heavy atom. The van der Waals surface area contributed by atoms with Gasteiger partial charge in [-0.3, -0.25) is 0 Å². The molecule has 0 fully saturated rings. The second kappa shape index (κ2) is 3.38. The van der Waals surface area contributed by atoms with E-state index in [1.54, 1.807) is 18.2 Å². The average molecular weight is 208 g/mol. The van der Waals surface area contributed by atoms with E-state index >= 15 is 0 Å². The van der Waals surface area contributed by atoms with E-state index in [0.717, 1.165) is 10.6 Å². The van der Waals surface area contributed by atoms with Gasteiger partial charge in [-0.1, -0.05) is 29.5 Å². The highest BCUT2D eigenvalue weighted by Gasteiger charge is 2.11. The zero-order valence-corrected chi connectivity index (χ0v) is 8.44. The van der Waals surface area contributed by atoms with E-state index < -0.39 is 0 Å². The highest BCUT2D eigenvalue weighted by molar-refractivity contribution is 7.18. The number of hydrogen-bond acceptors (Lipinski definition) is 3. The maximum Gasteiger partial charge on any atom is 0.180 e. The SMILES string of the molecule is Cc1nc(N)sc1-c1ccccc1F. The van der Waals surface area contributed by atoms with Gasteiger partial charge in [0.15, 0.2) is 5.13 Å². The summed E-state index contributed by atoms with van der Waals surface area (Å²) in [4.78, 5) is 4.86. The van der Waals surface area contributed by atoms with Gasteiger partial charge in [-0.15, -0.1) is 0 Å². The van der Waals surface area contributed by atoms with Gasteiger partial charge in [-0.25, -0.2) is 9.37 Å². The molecule has 1 aromatic carbocycles. The standard InChI is InChI=1S/C10H9FN2S/c1-6-9(14-10(12)13-6)7-4-2-3-5-8(7)11/h2-5H,1H3,(H2,12,13). The number of halogens is 1. The van der Waals surface area contributed by atoms with Crippen LogP contribution < -0.4 is 5.73 Å². The minimum Gasteiger partial charge on any atom is -0.375 e. The predicted octanol–water partition coefficient (Wildman–Crippen LogP) is 2.84. The summed E-state index contributed by atoms with van der Waals surface area (Å²) < 4.78 is 13.4. The summed E-state index contributed by atoms with van der Waals surface area (Å²) in [7, 11) is 0. The highest BCUT2D eigenvalue weighted by atomic mass is 32.1. The molecule has 0 saturated heterocycles. The molecule has 2 rings (SSSR count). The highest BCUT2D eigenvalue weighted by Crippen LogP contribution is 2.32. The molecule has 0 aliphatic heterocycles. The average Bonchev–Trinajstić information content (AvgIpc) is 2.46. The van der Waals surface area contributed by atoms with E-state index in [0.29, 0.717) is 10.7 Å². The number of anilines is 1. The topological polar surface area (TPSA) is 38.9 Å². The fourth-order valence-electron chi connectivity index (χ4n) is 1.31. The molecule has 2 aromatic rings. The molecule has 0 aliphatic carbocycles. The molecule has 14 heavy (non-hydrogen) atoms. The zero-order valence-electron chi connectivity index (χ0n) is 7.62. The Bertz CT molecular complexity index is 465. The van der Waals surface area contributed by atoms with Crippen LogP contribution >= 0.6 is 11.3 Å². The third kappa shape index (κ3) is 1.48. The van der Waals surface area contributed by atoms with E-state index in [1.807, 2.05) is 6.92 Å². The fraction of sp³-hybridized carbons (Fsp3) is 0.100. The molecule has 2 N–H and O–H groups in total. The molecule has 0 amide bonds. The number of nitrogens with two attached hydrogens (primary N) is 1. The molecule has 0 aliphatic rings. The van der Waals surface area contributed by atoms with E-state index in [9.17, 15) is 4.39 Å². The maximum atomic E-state index is 13.4.